The van der Waals surface area contributed by atoms with Crippen molar-refractivity contribution in [3.63, 3.8) is 0 Å². The fourth-order valence-corrected chi connectivity index (χ4v) is 6.01. The van der Waals surface area contributed by atoms with E-state index in [-0.39, 0.29) is 46.9 Å². The lowest BCUT2D eigenvalue weighted by Gasteiger charge is -2.30. The van der Waals surface area contributed by atoms with Gasteiger partial charge in [0.25, 0.3) is 0 Å². The highest BCUT2D eigenvalue weighted by Crippen LogP contribution is 2.72. The van der Waals surface area contributed by atoms with Crippen molar-refractivity contribution in [2.75, 3.05) is 18.4 Å². The summed E-state index contributed by atoms with van der Waals surface area (Å²) in [7, 11) is 0. The number of carbonyl (C=O) groups excluding carboxylic acids is 2. The van der Waals surface area contributed by atoms with Gasteiger partial charge in [-0.3, -0.25) is 9.59 Å². The van der Waals surface area contributed by atoms with Gasteiger partial charge < -0.3 is 16.0 Å². The fourth-order valence-electron chi connectivity index (χ4n) is 5.74. The van der Waals surface area contributed by atoms with Gasteiger partial charge in [0.05, 0.1) is 11.8 Å². The molecule has 2 saturated carbocycles. The number of piperidine rings is 1. The fraction of sp³-hybridized carbons (Fsp3) is 0.545. The zero-order chi connectivity index (χ0) is 19.3. The third kappa shape index (κ3) is 3.01. The van der Waals surface area contributed by atoms with E-state index in [4.69, 9.17) is 0 Å². The first-order valence-electron chi connectivity index (χ1n) is 10.3. The number of amides is 2. The second kappa shape index (κ2) is 6.99. The number of nitrogens with one attached hydrogen (secondary N) is 3. The van der Waals surface area contributed by atoms with Crippen LogP contribution in [0.2, 0.25) is 0 Å². The van der Waals surface area contributed by atoms with Gasteiger partial charge in [-0.05, 0) is 73.7 Å². The Morgan fingerprint density at radius 3 is 2.32 bits per heavy atom. The highest BCUT2D eigenvalue weighted by molar-refractivity contribution is 9.10. The molecule has 2 bridgehead atoms. The van der Waals surface area contributed by atoms with E-state index < -0.39 is 0 Å². The Kier molecular flexibility index (Phi) is 4.59. The van der Waals surface area contributed by atoms with Gasteiger partial charge in [-0.2, -0.15) is 0 Å². The normalized spacial score (nSPS) is 34.4. The highest BCUT2D eigenvalue weighted by Gasteiger charge is 2.69. The van der Waals surface area contributed by atoms with Crippen LogP contribution in [0.3, 0.4) is 0 Å². The zero-order valence-electron chi connectivity index (χ0n) is 15.8. The molecule has 1 aliphatic heterocycles. The number of benzene rings is 1. The van der Waals surface area contributed by atoms with Crippen LogP contribution in [0.1, 0.15) is 25.7 Å². The van der Waals surface area contributed by atoms with E-state index in [1.807, 2.05) is 24.3 Å². The molecule has 1 saturated heterocycles. The van der Waals surface area contributed by atoms with Gasteiger partial charge in [0.2, 0.25) is 11.8 Å². The maximum Gasteiger partial charge on any atom is 0.228 e. The average molecular weight is 444 g/mol. The molecule has 3 N–H and O–H groups in total. The molecule has 5 rings (SSSR count). The predicted molar refractivity (Wildman–Crippen MR) is 112 cm³/mol. The topological polar surface area (TPSA) is 70.2 Å². The zero-order valence-corrected chi connectivity index (χ0v) is 17.4. The first-order valence-corrected chi connectivity index (χ1v) is 11.1. The second-order valence-electron chi connectivity index (χ2n) is 8.77. The number of hydrogen-bond acceptors (Lipinski definition) is 3. The van der Waals surface area contributed by atoms with Crippen molar-refractivity contribution in [2.45, 2.75) is 31.7 Å². The molecule has 1 aromatic rings. The van der Waals surface area contributed by atoms with Gasteiger partial charge in [-0.15, -0.1) is 0 Å². The molecule has 2 amide bonds. The van der Waals surface area contributed by atoms with E-state index in [9.17, 15) is 9.59 Å². The molecule has 1 unspecified atom stereocenters. The molecule has 1 aromatic carbocycles. The molecule has 28 heavy (non-hydrogen) atoms. The minimum atomic E-state index is -0.280. The molecule has 0 aromatic heterocycles. The molecule has 3 aliphatic carbocycles. The largest absolute Gasteiger partial charge is 0.352 e. The van der Waals surface area contributed by atoms with Crippen LogP contribution >= 0.6 is 15.9 Å². The van der Waals surface area contributed by atoms with Crippen LogP contribution in [-0.2, 0) is 9.59 Å². The number of hydrogen-bond donors (Lipinski definition) is 3. The monoisotopic (exact) mass is 443 g/mol. The van der Waals surface area contributed by atoms with E-state index in [1.165, 1.54) is 0 Å². The third-order valence-electron chi connectivity index (χ3n) is 7.20. The Morgan fingerprint density at radius 1 is 1.04 bits per heavy atom. The quantitative estimate of drug-likeness (QED) is 0.626. The van der Waals surface area contributed by atoms with Crippen LogP contribution < -0.4 is 16.0 Å². The Labute approximate surface area is 173 Å². The maximum atomic E-state index is 13.3. The van der Waals surface area contributed by atoms with Crippen molar-refractivity contribution in [3.8, 4) is 0 Å². The Morgan fingerprint density at radius 2 is 1.71 bits per heavy atom. The molecule has 1 heterocycles. The van der Waals surface area contributed by atoms with Crippen molar-refractivity contribution >= 4 is 33.4 Å². The summed E-state index contributed by atoms with van der Waals surface area (Å²) in [6, 6.07) is 7.79. The Bertz CT molecular complexity index is 812. The van der Waals surface area contributed by atoms with Crippen molar-refractivity contribution in [2.24, 2.45) is 29.1 Å². The van der Waals surface area contributed by atoms with Crippen LogP contribution in [0.5, 0.6) is 0 Å². The molecular formula is C22H26BrN3O2. The van der Waals surface area contributed by atoms with Crippen LogP contribution in [0.15, 0.2) is 40.9 Å². The molecule has 3 fully saturated rings. The molecule has 0 radical (unpaired) electrons. The van der Waals surface area contributed by atoms with Crippen LogP contribution in [0.25, 0.3) is 0 Å². The maximum absolute atomic E-state index is 13.3. The number of halogens is 1. The number of anilines is 1. The van der Waals surface area contributed by atoms with Crippen molar-refractivity contribution < 1.29 is 9.59 Å². The third-order valence-corrected chi connectivity index (χ3v) is 7.73. The first kappa shape index (κ1) is 18.4. The van der Waals surface area contributed by atoms with Gasteiger partial charge in [-0.1, -0.05) is 28.1 Å². The van der Waals surface area contributed by atoms with Gasteiger partial charge in [0, 0.05) is 22.7 Å². The minimum Gasteiger partial charge on any atom is -0.352 e. The molecule has 148 valence electrons. The van der Waals surface area contributed by atoms with Crippen LogP contribution in [0, 0.1) is 29.1 Å². The number of carbonyl (C=O) groups is 2. The van der Waals surface area contributed by atoms with Crippen molar-refractivity contribution in [1.29, 1.82) is 0 Å². The van der Waals surface area contributed by atoms with Gasteiger partial charge in [-0.25, -0.2) is 0 Å². The molecule has 6 heteroatoms. The molecule has 1 spiro atoms. The SMILES string of the molecule is O=C(NC1CCCNC1)[C@H]1[C@H](C(=O)Nc2ccc(Br)cc2)[C@@H]2C=C[C@H]1C21CC1. The van der Waals surface area contributed by atoms with E-state index >= 15 is 0 Å². The lowest BCUT2D eigenvalue weighted by atomic mass is 9.81. The molecule has 5 nitrogen and oxygen atoms in total. The summed E-state index contributed by atoms with van der Waals surface area (Å²) in [5.41, 5.74) is 0.939. The Hall–Kier alpha value is -1.66. The second-order valence-corrected chi connectivity index (χ2v) is 9.68. The number of rotatable bonds is 4. The molecular weight excluding hydrogens is 418 g/mol. The van der Waals surface area contributed by atoms with E-state index in [2.05, 4.69) is 44.0 Å². The highest BCUT2D eigenvalue weighted by atomic mass is 79.9. The Balaban J connectivity index is 1.36. The summed E-state index contributed by atoms with van der Waals surface area (Å²) >= 11 is 3.42. The lowest BCUT2D eigenvalue weighted by molar-refractivity contribution is -0.133. The summed E-state index contributed by atoms with van der Waals surface area (Å²) in [5.74, 6) is -0.101. The average Bonchev–Trinajstić information content (AvgIpc) is 3.37. The predicted octanol–water partition coefficient (Wildman–Crippen LogP) is 3.08. The minimum absolute atomic E-state index is 0.0210. The summed E-state index contributed by atoms with van der Waals surface area (Å²) < 4.78 is 0.976. The molecule has 5 atom stereocenters. The number of allylic oxidation sites excluding steroid dienone is 2. The van der Waals surface area contributed by atoms with Gasteiger partial charge >= 0.3 is 0 Å². The van der Waals surface area contributed by atoms with Gasteiger partial charge in [0.15, 0.2) is 0 Å². The smallest absolute Gasteiger partial charge is 0.228 e. The summed E-state index contributed by atoms with van der Waals surface area (Å²) in [6.07, 6.45) is 8.77. The summed E-state index contributed by atoms with van der Waals surface area (Å²) in [4.78, 5) is 26.5. The molecule has 4 aliphatic rings. The van der Waals surface area contributed by atoms with E-state index in [1.54, 1.807) is 0 Å². The van der Waals surface area contributed by atoms with Crippen LogP contribution in [-0.4, -0.2) is 30.9 Å². The summed E-state index contributed by atoms with van der Waals surface area (Å²) in [6.45, 7) is 1.84. The van der Waals surface area contributed by atoms with Crippen molar-refractivity contribution in [3.05, 3.63) is 40.9 Å². The van der Waals surface area contributed by atoms with E-state index in [0.29, 0.717) is 0 Å². The standard InChI is InChI=1S/C22H26BrN3O2/c23-13-3-5-14(6-4-13)25-20(27)18-16-7-8-17(22(16)9-10-22)19(18)21(28)26-15-2-1-11-24-12-15/h3-8,15-19,24H,1-2,9-12H2,(H,25,27)(H,26,28)/t15?,16-,17+,18+,19+/m0/s1. The lowest BCUT2D eigenvalue weighted by Crippen LogP contribution is -2.50. The van der Waals surface area contributed by atoms with Crippen LogP contribution in [0.4, 0.5) is 5.69 Å². The van der Waals surface area contributed by atoms with Gasteiger partial charge in [0.1, 0.15) is 0 Å². The first-order chi connectivity index (χ1) is 13.6. The van der Waals surface area contributed by atoms with Crippen molar-refractivity contribution in [1.82, 2.24) is 10.6 Å². The van der Waals surface area contributed by atoms with E-state index in [0.717, 1.165) is 48.9 Å². The summed E-state index contributed by atoms with van der Waals surface area (Å²) in [5, 5.41) is 9.66.